The summed E-state index contributed by atoms with van der Waals surface area (Å²) in [5, 5.41) is 4.97. The van der Waals surface area contributed by atoms with E-state index in [0.717, 1.165) is 32.2 Å². The Morgan fingerprint density at radius 2 is 1.92 bits per heavy atom. The lowest BCUT2D eigenvalue weighted by Gasteiger charge is -2.01. The second-order valence-corrected chi connectivity index (χ2v) is 7.25. The predicted octanol–water partition coefficient (Wildman–Crippen LogP) is 4.18. The van der Waals surface area contributed by atoms with Crippen LogP contribution in [0.2, 0.25) is 0 Å². The molecule has 0 radical (unpaired) electrons. The molecule has 1 aliphatic rings. The van der Waals surface area contributed by atoms with Gasteiger partial charge in [0, 0.05) is 11.5 Å². The van der Waals surface area contributed by atoms with Crippen molar-refractivity contribution in [3.8, 4) is 22.2 Å². The zero-order valence-electron chi connectivity index (χ0n) is 13.6. The van der Waals surface area contributed by atoms with Gasteiger partial charge in [-0.3, -0.25) is 0 Å². The number of anilines is 1. The first-order valence-electron chi connectivity index (χ1n) is 8.16. The number of fused-ring (bicyclic) bond motifs is 1. The van der Waals surface area contributed by atoms with E-state index in [2.05, 4.69) is 15.1 Å². The Morgan fingerprint density at radius 1 is 1.12 bits per heavy atom. The van der Waals surface area contributed by atoms with Crippen LogP contribution in [0, 0.1) is 6.92 Å². The number of rotatable bonds is 3. The van der Waals surface area contributed by atoms with Gasteiger partial charge in [-0.15, -0.1) is 11.3 Å². The first kappa shape index (κ1) is 14.5. The SMILES string of the molecule is Cc1nc(C2CC2)nc2sc(-c3nc(-c4ccccc4)no3)c(N)c12. The molecule has 0 aliphatic heterocycles. The maximum atomic E-state index is 6.36. The van der Waals surface area contributed by atoms with Crippen molar-refractivity contribution < 1.29 is 4.52 Å². The number of nitrogen functional groups attached to an aromatic ring is 1. The monoisotopic (exact) mass is 349 g/mol. The predicted molar refractivity (Wildman–Crippen MR) is 97.3 cm³/mol. The van der Waals surface area contributed by atoms with E-state index in [9.17, 15) is 0 Å². The third-order valence-electron chi connectivity index (χ3n) is 4.38. The largest absolute Gasteiger partial charge is 0.397 e. The highest BCUT2D eigenvalue weighted by Crippen LogP contribution is 2.43. The molecule has 1 aromatic carbocycles. The van der Waals surface area contributed by atoms with Crippen LogP contribution < -0.4 is 5.73 Å². The molecule has 6 nitrogen and oxygen atoms in total. The van der Waals surface area contributed by atoms with Gasteiger partial charge in [0.25, 0.3) is 5.89 Å². The van der Waals surface area contributed by atoms with Crippen LogP contribution in [0.5, 0.6) is 0 Å². The van der Waals surface area contributed by atoms with E-state index in [-0.39, 0.29) is 0 Å². The Kier molecular flexibility index (Phi) is 3.11. The van der Waals surface area contributed by atoms with Crippen molar-refractivity contribution in [1.82, 2.24) is 20.1 Å². The standard InChI is InChI=1S/C18H15N5OS/c1-9-12-13(19)14(25-18(12)22-15(20-9)11-7-8-11)17-21-16(23-24-17)10-5-3-2-4-6-10/h2-6,11H,7-8,19H2,1H3. The van der Waals surface area contributed by atoms with Crippen LogP contribution in [0.25, 0.3) is 32.4 Å². The van der Waals surface area contributed by atoms with Gasteiger partial charge < -0.3 is 10.3 Å². The average molecular weight is 349 g/mol. The van der Waals surface area contributed by atoms with Crippen LogP contribution in [0.15, 0.2) is 34.9 Å². The molecular formula is C18H15N5OS. The Bertz CT molecular complexity index is 1080. The van der Waals surface area contributed by atoms with Crippen LogP contribution >= 0.6 is 11.3 Å². The first-order valence-corrected chi connectivity index (χ1v) is 8.98. The molecule has 124 valence electrons. The molecule has 1 fully saturated rings. The highest BCUT2D eigenvalue weighted by Gasteiger charge is 2.28. The smallest absolute Gasteiger partial charge is 0.270 e. The lowest BCUT2D eigenvalue weighted by Crippen LogP contribution is -1.96. The van der Waals surface area contributed by atoms with Crippen molar-refractivity contribution in [2.24, 2.45) is 0 Å². The minimum Gasteiger partial charge on any atom is -0.397 e. The molecule has 3 heterocycles. The molecule has 0 atom stereocenters. The van der Waals surface area contributed by atoms with Crippen molar-refractivity contribution in [1.29, 1.82) is 0 Å². The summed E-state index contributed by atoms with van der Waals surface area (Å²) in [6.07, 6.45) is 2.34. The first-order chi connectivity index (χ1) is 12.2. The fraction of sp³-hybridized carbons (Fsp3) is 0.222. The van der Waals surface area contributed by atoms with E-state index in [1.165, 1.54) is 24.2 Å². The minimum atomic E-state index is 0.423. The van der Waals surface area contributed by atoms with Crippen LogP contribution in [0.1, 0.15) is 30.3 Å². The number of aryl methyl sites for hydroxylation is 1. The van der Waals surface area contributed by atoms with Crippen molar-refractivity contribution in [2.75, 3.05) is 5.73 Å². The Hall–Kier alpha value is -2.80. The lowest BCUT2D eigenvalue weighted by atomic mass is 10.2. The fourth-order valence-corrected chi connectivity index (χ4v) is 3.99. The number of aromatic nitrogens is 4. The fourth-order valence-electron chi connectivity index (χ4n) is 2.92. The van der Waals surface area contributed by atoms with Crippen molar-refractivity contribution in [3.05, 3.63) is 41.9 Å². The molecule has 0 saturated heterocycles. The van der Waals surface area contributed by atoms with Gasteiger partial charge in [-0.05, 0) is 19.8 Å². The van der Waals surface area contributed by atoms with Gasteiger partial charge in [0.2, 0.25) is 5.82 Å². The summed E-state index contributed by atoms with van der Waals surface area (Å²) in [5.74, 6) is 2.40. The van der Waals surface area contributed by atoms with E-state index < -0.39 is 0 Å². The number of hydrogen-bond acceptors (Lipinski definition) is 7. The average Bonchev–Trinajstić information content (AvgIpc) is 3.27. The Balaban J connectivity index is 1.62. The molecule has 2 N–H and O–H groups in total. The number of benzene rings is 1. The normalized spacial score (nSPS) is 14.3. The second kappa shape index (κ2) is 5.35. The van der Waals surface area contributed by atoms with Gasteiger partial charge in [0.05, 0.1) is 16.8 Å². The van der Waals surface area contributed by atoms with Crippen molar-refractivity contribution in [2.45, 2.75) is 25.7 Å². The zero-order chi connectivity index (χ0) is 17.0. The highest BCUT2D eigenvalue weighted by atomic mass is 32.1. The van der Waals surface area contributed by atoms with E-state index in [0.29, 0.717) is 23.3 Å². The van der Waals surface area contributed by atoms with E-state index >= 15 is 0 Å². The van der Waals surface area contributed by atoms with Crippen molar-refractivity contribution in [3.63, 3.8) is 0 Å². The molecule has 0 bridgehead atoms. The number of hydrogen-bond donors (Lipinski definition) is 1. The van der Waals surface area contributed by atoms with Gasteiger partial charge in [-0.2, -0.15) is 4.98 Å². The molecule has 0 unspecified atom stereocenters. The van der Waals surface area contributed by atoms with Gasteiger partial charge >= 0.3 is 0 Å². The summed E-state index contributed by atoms with van der Waals surface area (Å²) in [4.78, 5) is 15.5. The molecule has 0 amide bonds. The Labute approximate surface area is 147 Å². The van der Waals surface area contributed by atoms with Crippen LogP contribution in [-0.4, -0.2) is 20.1 Å². The van der Waals surface area contributed by atoms with Crippen LogP contribution in [0.4, 0.5) is 5.69 Å². The molecule has 1 saturated carbocycles. The van der Waals surface area contributed by atoms with Crippen molar-refractivity contribution >= 4 is 27.2 Å². The summed E-state index contributed by atoms with van der Waals surface area (Å²) in [6.45, 7) is 1.98. The number of nitrogens with two attached hydrogens (primary N) is 1. The summed E-state index contributed by atoms with van der Waals surface area (Å²) in [6, 6.07) is 9.73. The molecule has 7 heteroatoms. The molecule has 3 aromatic heterocycles. The number of nitrogens with zero attached hydrogens (tertiary/aromatic N) is 4. The van der Waals surface area contributed by atoms with Gasteiger partial charge in [-0.1, -0.05) is 35.5 Å². The third kappa shape index (κ3) is 2.39. The second-order valence-electron chi connectivity index (χ2n) is 6.26. The molecule has 4 aromatic rings. The van der Waals surface area contributed by atoms with Crippen LogP contribution in [-0.2, 0) is 0 Å². The number of thiophene rings is 1. The summed E-state index contributed by atoms with van der Waals surface area (Å²) >= 11 is 1.49. The minimum absolute atomic E-state index is 0.423. The molecular weight excluding hydrogens is 334 g/mol. The molecule has 25 heavy (non-hydrogen) atoms. The van der Waals surface area contributed by atoms with Gasteiger partial charge in [-0.25, -0.2) is 9.97 Å². The van der Waals surface area contributed by atoms with E-state index in [4.69, 9.17) is 15.2 Å². The Morgan fingerprint density at radius 3 is 2.68 bits per heavy atom. The molecule has 1 aliphatic carbocycles. The van der Waals surface area contributed by atoms with E-state index in [1.807, 2.05) is 37.3 Å². The quantitative estimate of drug-likeness (QED) is 0.597. The third-order valence-corrected chi connectivity index (χ3v) is 5.47. The van der Waals surface area contributed by atoms with E-state index in [1.54, 1.807) is 0 Å². The maximum Gasteiger partial charge on any atom is 0.270 e. The lowest BCUT2D eigenvalue weighted by molar-refractivity contribution is 0.433. The summed E-state index contributed by atoms with van der Waals surface area (Å²) in [7, 11) is 0. The zero-order valence-corrected chi connectivity index (χ0v) is 14.4. The molecule has 0 spiro atoms. The topological polar surface area (TPSA) is 90.7 Å². The highest BCUT2D eigenvalue weighted by molar-refractivity contribution is 7.22. The summed E-state index contributed by atoms with van der Waals surface area (Å²) < 4.78 is 5.47. The molecule has 5 rings (SSSR count). The summed E-state index contributed by atoms with van der Waals surface area (Å²) in [5.41, 5.74) is 8.80. The van der Waals surface area contributed by atoms with Crippen LogP contribution in [0.3, 0.4) is 0 Å². The maximum absolute atomic E-state index is 6.36. The van der Waals surface area contributed by atoms with Gasteiger partial charge in [0.1, 0.15) is 15.5 Å². The van der Waals surface area contributed by atoms with Gasteiger partial charge in [0.15, 0.2) is 0 Å².